The predicted molar refractivity (Wildman–Crippen MR) is 85.9 cm³/mol. The van der Waals surface area contributed by atoms with E-state index in [9.17, 15) is 9.00 Å². The van der Waals surface area contributed by atoms with Crippen LogP contribution in [-0.4, -0.2) is 39.9 Å². The van der Waals surface area contributed by atoms with Crippen molar-refractivity contribution in [2.75, 3.05) is 19.4 Å². The van der Waals surface area contributed by atoms with Crippen LogP contribution in [0.5, 0.6) is 0 Å². The van der Waals surface area contributed by atoms with Crippen LogP contribution in [0.25, 0.3) is 0 Å². The monoisotopic (exact) mass is 327 g/mol. The first-order valence-electron chi connectivity index (χ1n) is 6.45. The van der Waals surface area contributed by atoms with Crippen molar-refractivity contribution in [2.45, 2.75) is 18.6 Å². The molecule has 0 aliphatic carbocycles. The SMILES string of the molecule is CC(CNC(=O)c1ccc(C#CCCO)c(Cl)c1)S(C)=O. The van der Waals surface area contributed by atoms with Crippen molar-refractivity contribution in [3.8, 4) is 11.8 Å². The Kier molecular flexibility index (Phi) is 7.44. The summed E-state index contributed by atoms with van der Waals surface area (Å²) >= 11 is 6.07. The molecule has 2 atom stereocenters. The molecule has 0 radical (unpaired) electrons. The number of benzene rings is 1. The normalized spacial score (nSPS) is 13.0. The highest BCUT2D eigenvalue weighted by Crippen LogP contribution is 2.17. The number of hydrogen-bond acceptors (Lipinski definition) is 3. The average Bonchev–Trinajstić information content (AvgIpc) is 2.46. The summed E-state index contributed by atoms with van der Waals surface area (Å²) in [4.78, 5) is 12.0. The summed E-state index contributed by atoms with van der Waals surface area (Å²) in [6.45, 7) is 2.16. The smallest absolute Gasteiger partial charge is 0.251 e. The van der Waals surface area contributed by atoms with Crippen LogP contribution in [0, 0.1) is 11.8 Å². The van der Waals surface area contributed by atoms with Gasteiger partial charge in [-0.05, 0) is 25.1 Å². The fourth-order valence-corrected chi connectivity index (χ4v) is 1.97. The maximum absolute atomic E-state index is 12.0. The molecule has 1 amide bonds. The molecule has 6 heteroatoms. The van der Waals surface area contributed by atoms with Gasteiger partial charge in [-0.15, -0.1) is 0 Å². The number of halogens is 1. The van der Waals surface area contributed by atoms with E-state index in [0.29, 0.717) is 29.1 Å². The minimum absolute atomic E-state index is 0.00208. The van der Waals surface area contributed by atoms with Gasteiger partial charge >= 0.3 is 0 Å². The Bertz CT molecular complexity index is 592. The maximum Gasteiger partial charge on any atom is 0.251 e. The molecule has 0 spiro atoms. The summed E-state index contributed by atoms with van der Waals surface area (Å²) in [7, 11) is -0.975. The van der Waals surface area contributed by atoms with Gasteiger partial charge in [-0.3, -0.25) is 9.00 Å². The number of carbonyl (C=O) groups excluding carboxylic acids is 1. The fourth-order valence-electron chi connectivity index (χ4n) is 1.43. The van der Waals surface area contributed by atoms with Gasteiger partial charge in [0.15, 0.2) is 0 Å². The van der Waals surface area contributed by atoms with E-state index in [1.807, 2.05) is 6.92 Å². The van der Waals surface area contributed by atoms with Gasteiger partial charge in [-0.25, -0.2) is 0 Å². The van der Waals surface area contributed by atoms with E-state index in [1.54, 1.807) is 24.5 Å². The minimum Gasteiger partial charge on any atom is -0.395 e. The molecule has 2 unspecified atom stereocenters. The lowest BCUT2D eigenvalue weighted by atomic mass is 10.1. The van der Waals surface area contributed by atoms with Crippen LogP contribution in [0.2, 0.25) is 5.02 Å². The third-order valence-electron chi connectivity index (χ3n) is 2.81. The van der Waals surface area contributed by atoms with Gasteiger partial charge in [0.25, 0.3) is 5.91 Å². The molecular weight excluding hydrogens is 310 g/mol. The molecule has 1 aromatic carbocycles. The van der Waals surface area contributed by atoms with Crippen molar-refractivity contribution in [1.29, 1.82) is 0 Å². The Morgan fingerprint density at radius 2 is 2.24 bits per heavy atom. The first kappa shape index (κ1) is 17.7. The summed E-state index contributed by atoms with van der Waals surface area (Å²) in [5.74, 6) is 5.35. The molecule has 4 nitrogen and oxygen atoms in total. The third kappa shape index (κ3) is 5.88. The first-order chi connectivity index (χ1) is 9.95. The second-order valence-corrected chi connectivity index (χ2v) is 6.70. The summed E-state index contributed by atoms with van der Waals surface area (Å²) in [5.41, 5.74) is 1.05. The van der Waals surface area contributed by atoms with Gasteiger partial charge in [0, 0.05) is 46.4 Å². The van der Waals surface area contributed by atoms with Crippen LogP contribution in [0.15, 0.2) is 18.2 Å². The van der Waals surface area contributed by atoms with E-state index in [4.69, 9.17) is 16.7 Å². The highest BCUT2D eigenvalue weighted by atomic mass is 35.5. The molecule has 0 aromatic heterocycles. The number of aliphatic hydroxyl groups is 1. The fraction of sp³-hybridized carbons (Fsp3) is 0.400. The summed E-state index contributed by atoms with van der Waals surface area (Å²) in [6, 6.07) is 4.86. The highest BCUT2D eigenvalue weighted by molar-refractivity contribution is 7.84. The van der Waals surface area contributed by atoms with Crippen molar-refractivity contribution < 1.29 is 14.1 Å². The van der Waals surface area contributed by atoms with Crippen molar-refractivity contribution in [2.24, 2.45) is 0 Å². The Labute approximate surface area is 132 Å². The van der Waals surface area contributed by atoms with Crippen LogP contribution in [-0.2, 0) is 10.8 Å². The van der Waals surface area contributed by atoms with Gasteiger partial charge in [-0.2, -0.15) is 0 Å². The Balaban J connectivity index is 2.73. The largest absolute Gasteiger partial charge is 0.395 e. The summed E-state index contributed by atoms with van der Waals surface area (Å²) in [6.07, 6.45) is 1.98. The number of amides is 1. The topological polar surface area (TPSA) is 66.4 Å². The molecule has 0 heterocycles. The molecule has 0 bridgehead atoms. The molecular formula is C15H18ClNO3S. The molecule has 114 valence electrons. The molecule has 1 aromatic rings. The third-order valence-corrected chi connectivity index (χ3v) is 4.42. The molecule has 2 N–H and O–H groups in total. The molecule has 1 rings (SSSR count). The van der Waals surface area contributed by atoms with Crippen molar-refractivity contribution in [3.05, 3.63) is 34.3 Å². The van der Waals surface area contributed by atoms with Crippen LogP contribution >= 0.6 is 11.6 Å². The van der Waals surface area contributed by atoms with Crippen molar-refractivity contribution in [1.82, 2.24) is 5.32 Å². The number of carbonyl (C=O) groups is 1. The van der Waals surface area contributed by atoms with Crippen molar-refractivity contribution >= 4 is 28.3 Å². The number of hydrogen-bond donors (Lipinski definition) is 2. The number of aliphatic hydroxyl groups excluding tert-OH is 1. The van der Waals surface area contributed by atoms with Gasteiger partial charge in [0.2, 0.25) is 0 Å². The average molecular weight is 328 g/mol. The standard InChI is InChI=1S/C15H18ClNO3S/c1-11(21(2)20)10-17-15(19)13-7-6-12(14(16)9-13)5-3-4-8-18/h6-7,9,11,18H,4,8,10H2,1-2H3,(H,17,19). The van der Waals surface area contributed by atoms with E-state index in [0.717, 1.165) is 0 Å². The van der Waals surface area contributed by atoms with Gasteiger partial charge in [0.05, 0.1) is 11.6 Å². The number of nitrogens with one attached hydrogen (secondary N) is 1. The molecule has 21 heavy (non-hydrogen) atoms. The summed E-state index contributed by atoms with van der Waals surface area (Å²) < 4.78 is 11.2. The lowest BCUT2D eigenvalue weighted by Gasteiger charge is -2.10. The maximum atomic E-state index is 12.0. The zero-order valence-electron chi connectivity index (χ0n) is 12.0. The molecule has 0 aliphatic rings. The zero-order chi connectivity index (χ0) is 15.8. The Morgan fingerprint density at radius 3 is 2.81 bits per heavy atom. The molecule has 0 saturated carbocycles. The Hall–Kier alpha value is -1.35. The van der Waals surface area contributed by atoms with Crippen LogP contribution in [0.1, 0.15) is 29.3 Å². The van der Waals surface area contributed by atoms with Crippen LogP contribution in [0.3, 0.4) is 0 Å². The van der Waals surface area contributed by atoms with E-state index < -0.39 is 10.8 Å². The first-order valence-corrected chi connectivity index (χ1v) is 8.45. The lowest BCUT2D eigenvalue weighted by Crippen LogP contribution is -2.32. The van der Waals surface area contributed by atoms with Crippen LogP contribution < -0.4 is 5.32 Å². The highest BCUT2D eigenvalue weighted by Gasteiger charge is 2.11. The predicted octanol–water partition coefficient (Wildman–Crippen LogP) is 1.57. The quantitative estimate of drug-likeness (QED) is 0.807. The van der Waals surface area contributed by atoms with E-state index in [-0.39, 0.29) is 17.8 Å². The second kappa shape index (κ2) is 8.83. The van der Waals surface area contributed by atoms with E-state index in [2.05, 4.69) is 17.2 Å². The second-order valence-electron chi connectivity index (χ2n) is 4.49. The van der Waals surface area contributed by atoms with Crippen molar-refractivity contribution in [3.63, 3.8) is 0 Å². The Morgan fingerprint density at radius 1 is 1.52 bits per heavy atom. The van der Waals surface area contributed by atoms with Crippen LogP contribution in [0.4, 0.5) is 0 Å². The van der Waals surface area contributed by atoms with E-state index >= 15 is 0 Å². The summed E-state index contributed by atoms with van der Waals surface area (Å²) in [5, 5.41) is 11.7. The zero-order valence-corrected chi connectivity index (χ0v) is 13.6. The molecule has 0 fully saturated rings. The van der Waals surface area contributed by atoms with E-state index in [1.165, 1.54) is 0 Å². The van der Waals surface area contributed by atoms with Gasteiger partial charge < -0.3 is 10.4 Å². The lowest BCUT2D eigenvalue weighted by molar-refractivity contribution is 0.0954. The molecule has 0 saturated heterocycles. The molecule has 0 aliphatic heterocycles. The van der Waals surface area contributed by atoms with Gasteiger partial charge in [0.1, 0.15) is 0 Å². The number of rotatable bonds is 5. The minimum atomic E-state index is -0.975. The van der Waals surface area contributed by atoms with Gasteiger partial charge in [-0.1, -0.05) is 23.4 Å².